The molecule has 114 valence electrons. The van der Waals surface area contributed by atoms with Crippen LogP contribution in [0.2, 0.25) is 0 Å². The minimum atomic E-state index is -1.25. The van der Waals surface area contributed by atoms with Crippen LogP contribution in [0.15, 0.2) is 43.0 Å². The van der Waals surface area contributed by atoms with Crippen molar-refractivity contribution in [2.24, 2.45) is 0 Å². The highest BCUT2D eigenvalue weighted by Gasteiger charge is 2.31. The molecular formula is C15H19NO5. The third-order valence-corrected chi connectivity index (χ3v) is 2.60. The van der Waals surface area contributed by atoms with E-state index in [4.69, 9.17) is 9.47 Å². The Kier molecular flexibility index (Phi) is 6.97. The van der Waals surface area contributed by atoms with Gasteiger partial charge in [0, 0.05) is 0 Å². The maximum atomic E-state index is 11.9. The predicted molar refractivity (Wildman–Crippen MR) is 76.5 cm³/mol. The van der Waals surface area contributed by atoms with E-state index in [-0.39, 0.29) is 13.2 Å². The summed E-state index contributed by atoms with van der Waals surface area (Å²) in [4.78, 5) is 23.5. The Bertz CT molecular complexity index is 474. The SMILES string of the molecule is C=CCOC(=O)NC(C(=O)OCC)C(O)c1ccccc1. The van der Waals surface area contributed by atoms with Gasteiger partial charge >= 0.3 is 12.1 Å². The molecule has 0 aliphatic carbocycles. The zero-order valence-electron chi connectivity index (χ0n) is 11.8. The summed E-state index contributed by atoms with van der Waals surface area (Å²) in [5.74, 6) is -0.732. The standard InChI is InChI=1S/C15H19NO5/c1-3-10-21-15(19)16-12(14(18)20-4-2)13(17)11-8-6-5-7-9-11/h3,5-9,12-13,17H,1,4,10H2,2H3,(H,16,19). The number of nitrogens with one attached hydrogen (secondary N) is 1. The van der Waals surface area contributed by atoms with E-state index in [2.05, 4.69) is 11.9 Å². The number of hydrogen-bond acceptors (Lipinski definition) is 5. The Labute approximate surface area is 123 Å². The van der Waals surface area contributed by atoms with Gasteiger partial charge in [-0.15, -0.1) is 0 Å². The average Bonchev–Trinajstić information content (AvgIpc) is 2.51. The summed E-state index contributed by atoms with van der Waals surface area (Å²) in [6, 6.07) is 7.26. The molecule has 6 nitrogen and oxygen atoms in total. The number of carbonyl (C=O) groups is 2. The van der Waals surface area contributed by atoms with Gasteiger partial charge in [0.05, 0.1) is 6.61 Å². The molecule has 21 heavy (non-hydrogen) atoms. The summed E-state index contributed by atoms with van der Waals surface area (Å²) >= 11 is 0. The van der Waals surface area contributed by atoms with Crippen LogP contribution < -0.4 is 5.32 Å². The first-order valence-corrected chi connectivity index (χ1v) is 6.54. The van der Waals surface area contributed by atoms with E-state index in [9.17, 15) is 14.7 Å². The maximum Gasteiger partial charge on any atom is 0.408 e. The number of carbonyl (C=O) groups excluding carboxylic acids is 2. The summed E-state index contributed by atoms with van der Waals surface area (Å²) in [7, 11) is 0. The van der Waals surface area contributed by atoms with E-state index in [1.54, 1.807) is 37.3 Å². The van der Waals surface area contributed by atoms with Crippen molar-refractivity contribution in [2.75, 3.05) is 13.2 Å². The number of esters is 1. The van der Waals surface area contributed by atoms with Gasteiger partial charge in [-0.05, 0) is 12.5 Å². The third-order valence-electron chi connectivity index (χ3n) is 2.60. The Balaban J connectivity index is 2.83. The van der Waals surface area contributed by atoms with E-state index >= 15 is 0 Å². The molecule has 1 aromatic rings. The minimum absolute atomic E-state index is 0.00279. The van der Waals surface area contributed by atoms with Gasteiger partial charge in [0.2, 0.25) is 0 Å². The van der Waals surface area contributed by atoms with E-state index in [1.807, 2.05) is 0 Å². The molecule has 2 N–H and O–H groups in total. The summed E-state index contributed by atoms with van der Waals surface area (Å²) in [5, 5.41) is 12.6. The fourth-order valence-corrected chi connectivity index (χ4v) is 1.64. The van der Waals surface area contributed by atoms with E-state index < -0.39 is 24.2 Å². The molecule has 2 unspecified atom stereocenters. The largest absolute Gasteiger partial charge is 0.464 e. The van der Waals surface area contributed by atoms with Crippen LogP contribution in [0, 0.1) is 0 Å². The molecule has 0 aliphatic heterocycles. The number of amides is 1. The molecule has 0 radical (unpaired) electrons. The van der Waals surface area contributed by atoms with Crippen LogP contribution in [0.3, 0.4) is 0 Å². The minimum Gasteiger partial charge on any atom is -0.464 e. The smallest absolute Gasteiger partial charge is 0.408 e. The highest BCUT2D eigenvalue weighted by Crippen LogP contribution is 2.17. The summed E-state index contributed by atoms with van der Waals surface area (Å²) in [6.45, 7) is 5.19. The fourth-order valence-electron chi connectivity index (χ4n) is 1.64. The van der Waals surface area contributed by atoms with Crippen LogP contribution in [0.5, 0.6) is 0 Å². The van der Waals surface area contributed by atoms with E-state index in [1.165, 1.54) is 6.08 Å². The lowest BCUT2D eigenvalue weighted by atomic mass is 10.0. The quantitative estimate of drug-likeness (QED) is 0.588. The van der Waals surface area contributed by atoms with Crippen molar-refractivity contribution in [1.29, 1.82) is 0 Å². The zero-order chi connectivity index (χ0) is 15.7. The highest BCUT2D eigenvalue weighted by molar-refractivity contribution is 5.82. The van der Waals surface area contributed by atoms with Crippen molar-refractivity contribution in [2.45, 2.75) is 19.1 Å². The monoisotopic (exact) mass is 293 g/mol. The summed E-state index contributed by atoms with van der Waals surface area (Å²) < 4.78 is 9.61. The van der Waals surface area contributed by atoms with Gasteiger partial charge in [-0.2, -0.15) is 0 Å². The number of alkyl carbamates (subject to hydrolysis) is 1. The number of aliphatic hydroxyl groups is 1. The molecule has 1 amide bonds. The van der Waals surface area contributed by atoms with Crippen molar-refractivity contribution in [3.05, 3.63) is 48.6 Å². The first-order chi connectivity index (χ1) is 10.1. The predicted octanol–water partition coefficient (Wildman–Crippen LogP) is 1.56. The Morgan fingerprint density at radius 3 is 2.57 bits per heavy atom. The normalized spacial score (nSPS) is 12.9. The molecule has 1 aromatic carbocycles. The molecule has 0 saturated heterocycles. The molecular weight excluding hydrogens is 274 g/mol. The molecule has 0 spiro atoms. The molecule has 2 atom stereocenters. The Morgan fingerprint density at radius 1 is 1.33 bits per heavy atom. The van der Waals surface area contributed by atoms with Gasteiger partial charge in [-0.3, -0.25) is 0 Å². The molecule has 0 aromatic heterocycles. The first-order valence-electron chi connectivity index (χ1n) is 6.54. The average molecular weight is 293 g/mol. The van der Waals surface area contributed by atoms with Crippen molar-refractivity contribution < 1.29 is 24.2 Å². The molecule has 0 aliphatic rings. The van der Waals surface area contributed by atoms with Crippen LogP contribution >= 0.6 is 0 Å². The van der Waals surface area contributed by atoms with Gasteiger partial charge in [0.1, 0.15) is 12.7 Å². The molecule has 1 rings (SSSR count). The number of rotatable bonds is 7. The second kappa shape index (κ2) is 8.76. The molecule has 0 bridgehead atoms. The number of hydrogen-bond donors (Lipinski definition) is 2. The summed E-state index contributed by atoms with van der Waals surface area (Å²) in [6.07, 6.45) is -0.670. The number of benzene rings is 1. The van der Waals surface area contributed by atoms with Crippen molar-refractivity contribution >= 4 is 12.1 Å². The van der Waals surface area contributed by atoms with Crippen LogP contribution in [0.25, 0.3) is 0 Å². The first kappa shape index (κ1) is 16.7. The fraction of sp³-hybridized carbons (Fsp3) is 0.333. The van der Waals surface area contributed by atoms with Gasteiger partial charge in [0.25, 0.3) is 0 Å². The molecule has 0 heterocycles. The van der Waals surface area contributed by atoms with Gasteiger partial charge in [-0.25, -0.2) is 9.59 Å². The van der Waals surface area contributed by atoms with Crippen LogP contribution in [-0.4, -0.2) is 36.4 Å². The summed E-state index contributed by atoms with van der Waals surface area (Å²) in [5.41, 5.74) is 0.486. The van der Waals surface area contributed by atoms with Crippen LogP contribution in [-0.2, 0) is 14.3 Å². The van der Waals surface area contributed by atoms with Crippen molar-refractivity contribution in [1.82, 2.24) is 5.32 Å². The van der Waals surface area contributed by atoms with Crippen molar-refractivity contribution in [3.63, 3.8) is 0 Å². The lowest BCUT2D eigenvalue weighted by Crippen LogP contribution is -2.46. The Hall–Kier alpha value is -2.34. The second-order valence-electron chi connectivity index (χ2n) is 4.12. The van der Waals surface area contributed by atoms with Crippen LogP contribution in [0.1, 0.15) is 18.6 Å². The number of ether oxygens (including phenoxy) is 2. The van der Waals surface area contributed by atoms with Gasteiger partial charge < -0.3 is 19.9 Å². The van der Waals surface area contributed by atoms with Gasteiger partial charge in [0.15, 0.2) is 6.04 Å². The zero-order valence-corrected chi connectivity index (χ0v) is 11.8. The van der Waals surface area contributed by atoms with Gasteiger partial charge in [-0.1, -0.05) is 43.0 Å². The third kappa shape index (κ3) is 5.27. The highest BCUT2D eigenvalue weighted by atomic mass is 16.6. The van der Waals surface area contributed by atoms with E-state index in [0.29, 0.717) is 5.56 Å². The number of aliphatic hydroxyl groups excluding tert-OH is 1. The van der Waals surface area contributed by atoms with Crippen molar-refractivity contribution in [3.8, 4) is 0 Å². The van der Waals surface area contributed by atoms with E-state index in [0.717, 1.165) is 0 Å². The lowest BCUT2D eigenvalue weighted by molar-refractivity contribution is -0.148. The molecule has 6 heteroatoms. The second-order valence-corrected chi connectivity index (χ2v) is 4.12. The maximum absolute atomic E-state index is 11.9. The molecule has 0 saturated carbocycles. The molecule has 0 fully saturated rings. The van der Waals surface area contributed by atoms with Crippen LogP contribution in [0.4, 0.5) is 4.79 Å². The Morgan fingerprint density at radius 2 is 2.00 bits per heavy atom. The topological polar surface area (TPSA) is 84.9 Å². The lowest BCUT2D eigenvalue weighted by Gasteiger charge is -2.22.